The highest BCUT2D eigenvalue weighted by Crippen LogP contribution is 2.26. The molecule has 1 heterocycles. The van der Waals surface area contributed by atoms with Gasteiger partial charge in [-0.15, -0.1) is 0 Å². The molecule has 2 aromatic carbocycles. The molecular formula is C19H19Cl2N3O3. The number of benzene rings is 2. The predicted molar refractivity (Wildman–Crippen MR) is 107 cm³/mol. The van der Waals surface area contributed by atoms with Crippen molar-refractivity contribution in [3.8, 4) is 5.75 Å². The molecule has 2 N–H and O–H groups in total. The van der Waals surface area contributed by atoms with Crippen LogP contribution in [-0.2, 0) is 4.79 Å². The van der Waals surface area contributed by atoms with E-state index in [9.17, 15) is 9.59 Å². The van der Waals surface area contributed by atoms with Gasteiger partial charge in [-0.05, 0) is 49.4 Å². The molecule has 2 aromatic rings. The SMILES string of the molecule is CCOc1ccc(N2C[C@@H](NC(=O)Nc3cc(Cl)ccc3Cl)CC2=O)cc1. The minimum absolute atomic E-state index is 0.0507. The molecular weight excluding hydrogens is 389 g/mol. The van der Waals surface area contributed by atoms with Crippen LogP contribution in [0.4, 0.5) is 16.2 Å². The number of urea groups is 1. The zero-order chi connectivity index (χ0) is 19.4. The van der Waals surface area contributed by atoms with E-state index in [0.717, 1.165) is 11.4 Å². The first-order valence-electron chi connectivity index (χ1n) is 8.52. The Kier molecular flexibility index (Phi) is 6.08. The number of carbonyl (C=O) groups excluding carboxylic acids is 2. The maximum Gasteiger partial charge on any atom is 0.319 e. The molecule has 0 radical (unpaired) electrons. The molecule has 8 heteroatoms. The second kappa shape index (κ2) is 8.50. The summed E-state index contributed by atoms with van der Waals surface area (Å²) in [4.78, 5) is 26.2. The zero-order valence-corrected chi connectivity index (χ0v) is 16.2. The molecule has 1 saturated heterocycles. The van der Waals surface area contributed by atoms with E-state index in [1.807, 2.05) is 31.2 Å². The van der Waals surface area contributed by atoms with Crippen molar-refractivity contribution in [2.45, 2.75) is 19.4 Å². The van der Waals surface area contributed by atoms with Crippen LogP contribution in [0.2, 0.25) is 10.0 Å². The summed E-state index contributed by atoms with van der Waals surface area (Å²) in [5.74, 6) is 0.700. The van der Waals surface area contributed by atoms with E-state index in [1.54, 1.807) is 23.1 Å². The molecule has 1 aliphatic rings. The lowest BCUT2D eigenvalue weighted by Crippen LogP contribution is -2.39. The number of carbonyl (C=O) groups is 2. The van der Waals surface area contributed by atoms with Crippen LogP contribution in [0.3, 0.4) is 0 Å². The fourth-order valence-corrected chi connectivity index (χ4v) is 3.22. The van der Waals surface area contributed by atoms with E-state index < -0.39 is 6.03 Å². The second-order valence-corrected chi connectivity index (χ2v) is 6.90. The topological polar surface area (TPSA) is 70.7 Å². The van der Waals surface area contributed by atoms with Gasteiger partial charge in [0.15, 0.2) is 0 Å². The summed E-state index contributed by atoms with van der Waals surface area (Å²) < 4.78 is 5.41. The van der Waals surface area contributed by atoms with Crippen molar-refractivity contribution in [1.82, 2.24) is 5.32 Å². The molecule has 3 rings (SSSR count). The Hall–Kier alpha value is -2.44. The van der Waals surface area contributed by atoms with Crippen molar-refractivity contribution in [3.63, 3.8) is 0 Å². The van der Waals surface area contributed by atoms with Crippen LogP contribution in [-0.4, -0.2) is 31.1 Å². The number of ether oxygens (including phenoxy) is 1. The summed E-state index contributed by atoms with van der Waals surface area (Å²) >= 11 is 12.0. The maximum absolute atomic E-state index is 12.3. The molecule has 1 aliphatic heterocycles. The van der Waals surface area contributed by atoms with Crippen LogP contribution in [0.25, 0.3) is 0 Å². The predicted octanol–water partition coefficient (Wildman–Crippen LogP) is 4.32. The van der Waals surface area contributed by atoms with Crippen molar-refractivity contribution in [1.29, 1.82) is 0 Å². The van der Waals surface area contributed by atoms with Gasteiger partial charge >= 0.3 is 6.03 Å². The number of rotatable bonds is 5. The van der Waals surface area contributed by atoms with Gasteiger partial charge in [0.2, 0.25) is 5.91 Å². The summed E-state index contributed by atoms with van der Waals surface area (Å²) in [5, 5.41) is 6.30. The van der Waals surface area contributed by atoms with Crippen LogP contribution < -0.4 is 20.3 Å². The lowest BCUT2D eigenvalue weighted by molar-refractivity contribution is -0.117. The number of nitrogens with zero attached hydrogens (tertiary/aromatic N) is 1. The van der Waals surface area contributed by atoms with Gasteiger partial charge in [0.05, 0.1) is 23.4 Å². The molecule has 27 heavy (non-hydrogen) atoms. The van der Waals surface area contributed by atoms with Crippen LogP contribution >= 0.6 is 23.2 Å². The molecule has 0 aliphatic carbocycles. The van der Waals surface area contributed by atoms with E-state index >= 15 is 0 Å². The molecule has 0 spiro atoms. The van der Waals surface area contributed by atoms with Gasteiger partial charge in [-0.3, -0.25) is 4.79 Å². The standard InChI is InChI=1S/C19H19Cl2N3O3/c1-2-27-15-6-4-14(5-7-15)24-11-13(10-18(24)25)22-19(26)23-17-9-12(20)3-8-16(17)21/h3-9,13H,2,10-11H2,1H3,(H2,22,23,26)/t13-/m0/s1. The summed E-state index contributed by atoms with van der Waals surface area (Å²) in [6.07, 6.45) is 0.226. The number of hydrogen-bond acceptors (Lipinski definition) is 3. The smallest absolute Gasteiger partial charge is 0.319 e. The third-order valence-corrected chi connectivity index (χ3v) is 4.66. The Morgan fingerprint density at radius 1 is 1.22 bits per heavy atom. The van der Waals surface area contributed by atoms with Gasteiger partial charge in [0.1, 0.15) is 5.75 Å². The van der Waals surface area contributed by atoms with Crippen molar-refractivity contribution >= 4 is 46.5 Å². The normalized spacial score (nSPS) is 16.3. The van der Waals surface area contributed by atoms with E-state index in [0.29, 0.717) is 28.9 Å². The maximum atomic E-state index is 12.3. The highest BCUT2D eigenvalue weighted by molar-refractivity contribution is 6.35. The molecule has 0 bridgehead atoms. The fraction of sp³-hybridized carbons (Fsp3) is 0.263. The lowest BCUT2D eigenvalue weighted by atomic mass is 10.2. The summed E-state index contributed by atoms with van der Waals surface area (Å²) in [7, 11) is 0. The van der Waals surface area contributed by atoms with Gasteiger partial charge in [-0.2, -0.15) is 0 Å². The van der Waals surface area contributed by atoms with Gasteiger partial charge in [0.25, 0.3) is 0 Å². The Bertz CT molecular complexity index is 843. The Balaban J connectivity index is 1.60. The molecule has 142 valence electrons. The second-order valence-electron chi connectivity index (χ2n) is 6.05. The Labute approximate surface area is 167 Å². The summed E-state index contributed by atoms with van der Waals surface area (Å²) in [6.45, 7) is 2.89. The molecule has 1 fully saturated rings. The van der Waals surface area contributed by atoms with Crippen LogP contribution in [0.15, 0.2) is 42.5 Å². The number of amides is 3. The first-order chi connectivity index (χ1) is 13.0. The number of hydrogen-bond donors (Lipinski definition) is 2. The van der Waals surface area contributed by atoms with Crippen LogP contribution in [0, 0.1) is 0 Å². The first kappa shape index (κ1) is 19.3. The van der Waals surface area contributed by atoms with Crippen molar-refractivity contribution in [2.75, 3.05) is 23.4 Å². The van der Waals surface area contributed by atoms with E-state index in [1.165, 1.54) is 0 Å². The van der Waals surface area contributed by atoms with Crippen LogP contribution in [0.1, 0.15) is 13.3 Å². The fourth-order valence-electron chi connectivity index (χ4n) is 2.88. The average molecular weight is 408 g/mol. The van der Waals surface area contributed by atoms with E-state index in [-0.39, 0.29) is 18.4 Å². The van der Waals surface area contributed by atoms with Crippen molar-refractivity contribution < 1.29 is 14.3 Å². The third kappa shape index (κ3) is 4.84. The van der Waals surface area contributed by atoms with Gasteiger partial charge in [-0.25, -0.2) is 4.79 Å². The molecule has 1 atom stereocenters. The largest absolute Gasteiger partial charge is 0.494 e. The molecule has 3 amide bonds. The highest BCUT2D eigenvalue weighted by Gasteiger charge is 2.31. The van der Waals surface area contributed by atoms with E-state index in [2.05, 4.69) is 10.6 Å². The van der Waals surface area contributed by atoms with E-state index in [4.69, 9.17) is 27.9 Å². The highest BCUT2D eigenvalue weighted by atomic mass is 35.5. The number of anilines is 2. The molecule has 6 nitrogen and oxygen atoms in total. The Morgan fingerprint density at radius 2 is 1.96 bits per heavy atom. The van der Waals surface area contributed by atoms with Gasteiger partial charge in [-0.1, -0.05) is 23.2 Å². The quantitative estimate of drug-likeness (QED) is 0.774. The van der Waals surface area contributed by atoms with Gasteiger partial charge < -0.3 is 20.3 Å². The first-order valence-corrected chi connectivity index (χ1v) is 9.27. The summed E-state index contributed by atoms with van der Waals surface area (Å²) in [6, 6.07) is 11.4. The molecule has 0 aromatic heterocycles. The minimum atomic E-state index is -0.439. The van der Waals surface area contributed by atoms with Gasteiger partial charge in [0, 0.05) is 23.7 Å². The Morgan fingerprint density at radius 3 is 2.67 bits per heavy atom. The summed E-state index contributed by atoms with van der Waals surface area (Å²) in [5.41, 5.74) is 1.18. The third-order valence-electron chi connectivity index (χ3n) is 4.10. The number of nitrogens with one attached hydrogen (secondary N) is 2. The monoisotopic (exact) mass is 407 g/mol. The molecule has 0 saturated carbocycles. The molecule has 0 unspecified atom stereocenters. The number of halogens is 2. The van der Waals surface area contributed by atoms with Crippen molar-refractivity contribution in [3.05, 3.63) is 52.5 Å². The zero-order valence-electron chi connectivity index (χ0n) is 14.7. The minimum Gasteiger partial charge on any atom is -0.494 e. The average Bonchev–Trinajstić information content (AvgIpc) is 2.99. The van der Waals surface area contributed by atoms with Crippen LogP contribution in [0.5, 0.6) is 5.75 Å². The van der Waals surface area contributed by atoms with Crippen molar-refractivity contribution in [2.24, 2.45) is 0 Å². The lowest BCUT2D eigenvalue weighted by Gasteiger charge is -2.18.